The first kappa shape index (κ1) is 27.3. The van der Waals surface area contributed by atoms with Crippen LogP contribution < -0.4 is 15.1 Å². The van der Waals surface area contributed by atoms with Crippen molar-refractivity contribution < 1.29 is 22.3 Å². The summed E-state index contributed by atoms with van der Waals surface area (Å²) in [6, 6.07) is 7.24. The molecule has 0 saturated carbocycles. The number of alkyl halides is 3. The van der Waals surface area contributed by atoms with Gasteiger partial charge in [-0.25, -0.2) is 14.4 Å². The Bertz CT molecular complexity index is 1510. The lowest BCUT2D eigenvalue weighted by Gasteiger charge is -2.28. The number of hydrogen-bond donors (Lipinski definition) is 1. The maximum atomic E-state index is 14.6. The molecule has 9 nitrogen and oxygen atoms in total. The van der Waals surface area contributed by atoms with Crippen LogP contribution in [0.15, 0.2) is 42.7 Å². The number of pyridine rings is 1. The van der Waals surface area contributed by atoms with Crippen LogP contribution in [-0.2, 0) is 10.9 Å². The minimum absolute atomic E-state index is 0.211. The first-order chi connectivity index (χ1) is 19.0. The molecule has 1 aliphatic heterocycles. The highest BCUT2D eigenvalue weighted by atomic mass is 19.4. The molecule has 3 aromatic heterocycles. The van der Waals surface area contributed by atoms with Gasteiger partial charge in [0.15, 0.2) is 11.6 Å². The predicted octanol–water partition coefficient (Wildman–Crippen LogP) is 5.15. The fourth-order valence-corrected chi connectivity index (χ4v) is 4.51. The van der Waals surface area contributed by atoms with Crippen LogP contribution >= 0.6 is 0 Å². The summed E-state index contributed by atoms with van der Waals surface area (Å²) in [6.45, 7) is 5.68. The van der Waals surface area contributed by atoms with Gasteiger partial charge in [0.1, 0.15) is 11.5 Å². The zero-order chi connectivity index (χ0) is 28.6. The summed E-state index contributed by atoms with van der Waals surface area (Å²) < 4.78 is 61.9. The maximum Gasteiger partial charge on any atom is 0.416 e. The van der Waals surface area contributed by atoms with E-state index < -0.39 is 17.6 Å². The molecule has 13 heteroatoms. The fraction of sp³-hybridized carbons (Fsp3) is 0.333. The van der Waals surface area contributed by atoms with Gasteiger partial charge >= 0.3 is 6.18 Å². The number of benzene rings is 1. The fourth-order valence-electron chi connectivity index (χ4n) is 4.51. The highest BCUT2D eigenvalue weighted by Gasteiger charge is 2.31. The minimum atomic E-state index is -4.48. The third-order valence-corrected chi connectivity index (χ3v) is 6.56. The van der Waals surface area contributed by atoms with Crippen molar-refractivity contribution in [3.8, 4) is 17.3 Å². The van der Waals surface area contributed by atoms with Gasteiger partial charge in [0, 0.05) is 38.6 Å². The van der Waals surface area contributed by atoms with Crippen molar-refractivity contribution >= 4 is 22.9 Å². The van der Waals surface area contributed by atoms with E-state index in [1.54, 1.807) is 48.7 Å². The third-order valence-electron chi connectivity index (χ3n) is 6.56. The first-order valence-electron chi connectivity index (χ1n) is 12.6. The number of imidazole rings is 1. The Morgan fingerprint density at radius 2 is 1.70 bits per heavy atom. The number of rotatable bonds is 6. The Kier molecular flexibility index (Phi) is 7.32. The van der Waals surface area contributed by atoms with Crippen molar-refractivity contribution in [3.05, 3.63) is 65.6 Å². The Labute approximate surface area is 228 Å². The molecular formula is C27H28F4N8O. The summed E-state index contributed by atoms with van der Waals surface area (Å²) in [5.41, 5.74) is 2.31. The van der Waals surface area contributed by atoms with Gasteiger partial charge in [0.25, 0.3) is 0 Å². The van der Waals surface area contributed by atoms with E-state index in [0.717, 1.165) is 18.3 Å². The Balaban J connectivity index is 1.42. The van der Waals surface area contributed by atoms with Crippen molar-refractivity contribution in [2.75, 3.05) is 55.5 Å². The normalized spacial score (nSPS) is 13.9. The molecule has 0 bridgehead atoms. The minimum Gasteiger partial charge on any atom is -0.378 e. The molecule has 0 amide bonds. The van der Waals surface area contributed by atoms with Gasteiger partial charge in [-0.2, -0.15) is 18.2 Å². The first-order valence-corrected chi connectivity index (χ1v) is 12.6. The number of hydrogen-bond acceptors (Lipinski definition) is 8. The SMILES string of the molecule is Cc1nc(-c2ccc(Nc3cc(N(C)C)cc(C(F)(F)F)c3)cn2)c(C)n1-c1ncc(F)c(N2CCOCC2)n1. The maximum absolute atomic E-state index is 14.6. The van der Waals surface area contributed by atoms with Gasteiger partial charge < -0.3 is 19.9 Å². The second-order valence-electron chi connectivity index (χ2n) is 9.59. The summed E-state index contributed by atoms with van der Waals surface area (Å²) in [6.07, 6.45) is -1.79. The van der Waals surface area contributed by atoms with E-state index in [9.17, 15) is 17.6 Å². The third kappa shape index (κ3) is 5.55. The molecular weight excluding hydrogens is 528 g/mol. The zero-order valence-corrected chi connectivity index (χ0v) is 22.4. The molecule has 1 fully saturated rings. The molecule has 1 aromatic carbocycles. The summed E-state index contributed by atoms with van der Waals surface area (Å²) in [5.74, 6) is 0.583. The molecule has 210 valence electrons. The second kappa shape index (κ2) is 10.7. The number of aromatic nitrogens is 5. The van der Waals surface area contributed by atoms with Crippen molar-refractivity contribution in [1.82, 2.24) is 24.5 Å². The summed E-state index contributed by atoms with van der Waals surface area (Å²) >= 11 is 0. The number of anilines is 4. The predicted molar refractivity (Wildman–Crippen MR) is 144 cm³/mol. The number of nitrogens with zero attached hydrogens (tertiary/aromatic N) is 7. The molecule has 0 radical (unpaired) electrons. The molecule has 40 heavy (non-hydrogen) atoms. The summed E-state index contributed by atoms with van der Waals surface area (Å²) in [7, 11) is 3.36. The molecule has 1 N–H and O–H groups in total. The van der Waals surface area contributed by atoms with Gasteiger partial charge in [-0.05, 0) is 44.2 Å². The van der Waals surface area contributed by atoms with Crippen LogP contribution in [0.25, 0.3) is 17.3 Å². The number of halogens is 4. The smallest absolute Gasteiger partial charge is 0.378 e. The average molecular weight is 557 g/mol. The van der Waals surface area contributed by atoms with Crippen LogP contribution in [-0.4, -0.2) is 64.9 Å². The van der Waals surface area contributed by atoms with E-state index >= 15 is 0 Å². The Morgan fingerprint density at radius 3 is 2.35 bits per heavy atom. The van der Waals surface area contributed by atoms with Crippen molar-refractivity contribution in [2.45, 2.75) is 20.0 Å². The molecule has 1 saturated heterocycles. The molecule has 0 aliphatic carbocycles. The van der Waals surface area contributed by atoms with E-state index in [0.29, 0.717) is 60.6 Å². The van der Waals surface area contributed by atoms with Crippen LogP contribution in [0.5, 0.6) is 0 Å². The van der Waals surface area contributed by atoms with E-state index in [-0.39, 0.29) is 17.5 Å². The van der Waals surface area contributed by atoms with E-state index in [2.05, 4.69) is 25.3 Å². The highest BCUT2D eigenvalue weighted by molar-refractivity contribution is 5.68. The number of morpholine rings is 1. The topological polar surface area (TPSA) is 84.2 Å². The molecule has 4 aromatic rings. The van der Waals surface area contributed by atoms with Gasteiger partial charge in [0.05, 0.1) is 48.2 Å². The van der Waals surface area contributed by atoms with Crippen molar-refractivity contribution in [3.63, 3.8) is 0 Å². The molecule has 5 rings (SSSR count). The Morgan fingerprint density at radius 1 is 0.950 bits per heavy atom. The molecule has 0 atom stereocenters. The second-order valence-corrected chi connectivity index (χ2v) is 9.59. The molecule has 1 aliphatic rings. The van der Waals surface area contributed by atoms with Gasteiger partial charge in [-0.15, -0.1) is 0 Å². The van der Waals surface area contributed by atoms with Crippen LogP contribution in [0.4, 0.5) is 40.4 Å². The zero-order valence-electron chi connectivity index (χ0n) is 22.4. The largest absolute Gasteiger partial charge is 0.416 e. The van der Waals surface area contributed by atoms with Gasteiger partial charge in [0.2, 0.25) is 5.95 Å². The van der Waals surface area contributed by atoms with E-state index in [4.69, 9.17) is 4.74 Å². The van der Waals surface area contributed by atoms with Crippen molar-refractivity contribution in [2.24, 2.45) is 0 Å². The van der Waals surface area contributed by atoms with E-state index in [1.165, 1.54) is 6.20 Å². The number of aryl methyl sites for hydroxylation is 1. The average Bonchev–Trinajstić information content (AvgIpc) is 3.22. The lowest BCUT2D eigenvalue weighted by molar-refractivity contribution is -0.137. The van der Waals surface area contributed by atoms with Gasteiger partial charge in [-0.1, -0.05) is 0 Å². The van der Waals surface area contributed by atoms with Gasteiger partial charge in [-0.3, -0.25) is 9.55 Å². The standard InChI is InChI=1S/C27H28F4N8O/c1-16-24(34-17(2)39(16)26-33-15-22(28)25(36-26)38-7-9-40-10-8-38)23-6-5-19(14-32-23)35-20-11-18(27(29,30)31)12-21(13-20)37(3)4/h5-6,11-15,35H,7-10H2,1-4H3. The lowest BCUT2D eigenvalue weighted by atomic mass is 10.1. The Hall–Kier alpha value is -4.26. The number of nitrogens with one attached hydrogen (secondary N) is 1. The monoisotopic (exact) mass is 556 g/mol. The molecule has 4 heterocycles. The van der Waals surface area contributed by atoms with E-state index in [1.807, 2.05) is 11.8 Å². The van der Waals surface area contributed by atoms with Crippen molar-refractivity contribution in [1.29, 1.82) is 0 Å². The van der Waals surface area contributed by atoms with Crippen LogP contribution in [0, 0.1) is 19.7 Å². The quantitative estimate of drug-likeness (QED) is 0.327. The summed E-state index contributed by atoms with van der Waals surface area (Å²) in [4.78, 5) is 21.3. The van der Waals surface area contributed by atoms with Crippen LogP contribution in [0.3, 0.4) is 0 Å². The molecule has 0 unspecified atom stereocenters. The highest BCUT2D eigenvalue weighted by Crippen LogP contribution is 2.35. The van der Waals surface area contributed by atoms with Crippen LogP contribution in [0.1, 0.15) is 17.1 Å². The number of ether oxygens (including phenoxy) is 1. The summed E-state index contributed by atoms with van der Waals surface area (Å²) in [5, 5.41) is 3.01. The molecule has 0 spiro atoms. The lowest BCUT2D eigenvalue weighted by Crippen LogP contribution is -2.37. The van der Waals surface area contributed by atoms with Crippen LogP contribution in [0.2, 0.25) is 0 Å².